The summed E-state index contributed by atoms with van der Waals surface area (Å²) in [6.45, 7) is 1.58. The van der Waals surface area contributed by atoms with Crippen molar-refractivity contribution >= 4 is 17.2 Å². The molecular weight excluding hydrogens is 352 g/mol. The van der Waals surface area contributed by atoms with E-state index in [0.29, 0.717) is 10.9 Å². The molecule has 7 nitrogen and oxygen atoms in total. The van der Waals surface area contributed by atoms with E-state index in [9.17, 15) is 9.90 Å². The lowest BCUT2D eigenvalue weighted by molar-refractivity contribution is 0.0901. The quantitative estimate of drug-likeness (QED) is 0.716. The van der Waals surface area contributed by atoms with Gasteiger partial charge in [-0.15, -0.1) is 21.5 Å². The molecule has 2 heterocycles. The lowest BCUT2D eigenvalue weighted by Crippen LogP contribution is -2.43. The summed E-state index contributed by atoms with van der Waals surface area (Å²) in [4.78, 5) is 17.6. The molecule has 1 saturated carbocycles. The number of thiazole rings is 1. The van der Waals surface area contributed by atoms with Gasteiger partial charge in [0, 0.05) is 18.2 Å². The van der Waals surface area contributed by atoms with Crippen LogP contribution in [0.5, 0.6) is 0 Å². The molecule has 1 atom stereocenters. The lowest BCUT2D eigenvalue weighted by atomic mass is 9.80. The van der Waals surface area contributed by atoms with Gasteiger partial charge >= 0.3 is 0 Å². The van der Waals surface area contributed by atoms with Crippen molar-refractivity contribution in [3.63, 3.8) is 0 Å². The molecule has 0 saturated heterocycles. The second kappa shape index (κ2) is 6.97. The van der Waals surface area contributed by atoms with E-state index in [4.69, 9.17) is 4.42 Å². The first-order chi connectivity index (χ1) is 12.6. The minimum absolute atomic E-state index is 0.0680. The second-order valence-electron chi connectivity index (χ2n) is 6.39. The van der Waals surface area contributed by atoms with Gasteiger partial charge in [-0.25, -0.2) is 4.98 Å². The molecule has 1 aromatic carbocycles. The Bertz CT molecular complexity index is 900. The Kier molecular flexibility index (Phi) is 4.52. The molecular formula is C18H18N4O3S. The van der Waals surface area contributed by atoms with Crippen molar-refractivity contribution in [1.29, 1.82) is 0 Å². The van der Waals surface area contributed by atoms with E-state index in [1.54, 1.807) is 13.1 Å². The van der Waals surface area contributed by atoms with Gasteiger partial charge < -0.3 is 14.8 Å². The molecule has 3 aromatic rings. The van der Waals surface area contributed by atoms with Crippen molar-refractivity contribution in [2.45, 2.75) is 37.8 Å². The fourth-order valence-corrected chi connectivity index (χ4v) is 3.70. The van der Waals surface area contributed by atoms with Crippen LogP contribution in [0.2, 0.25) is 0 Å². The molecule has 2 aromatic heterocycles. The summed E-state index contributed by atoms with van der Waals surface area (Å²) >= 11 is 1.38. The van der Waals surface area contributed by atoms with Crippen LogP contribution in [0.4, 0.5) is 0 Å². The number of hydrogen-bond acceptors (Lipinski definition) is 7. The van der Waals surface area contributed by atoms with E-state index in [0.717, 1.165) is 23.3 Å². The average Bonchev–Trinajstić information content (AvgIpc) is 3.28. The Morgan fingerprint density at radius 3 is 2.77 bits per heavy atom. The summed E-state index contributed by atoms with van der Waals surface area (Å²) in [5, 5.41) is 20.7. The van der Waals surface area contributed by atoms with E-state index in [2.05, 4.69) is 20.5 Å². The number of carbonyl (C=O) groups is 1. The van der Waals surface area contributed by atoms with Gasteiger partial charge in [0.15, 0.2) is 5.01 Å². The van der Waals surface area contributed by atoms with E-state index >= 15 is 0 Å². The van der Waals surface area contributed by atoms with Crippen LogP contribution < -0.4 is 5.32 Å². The third kappa shape index (κ3) is 3.38. The number of nitrogens with zero attached hydrogens (tertiary/aromatic N) is 3. The number of hydrogen-bond donors (Lipinski definition) is 2. The first kappa shape index (κ1) is 16.9. The van der Waals surface area contributed by atoms with Crippen molar-refractivity contribution in [2.75, 3.05) is 0 Å². The number of amides is 1. The molecule has 1 aliphatic carbocycles. The highest BCUT2D eigenvalue weighted by Crippen LogP contribution is 2.37. The Hall–Kier alpha value is -2.58. The Labute approximate surface area is 154 Å². The summed E-state index contributed by atoms with van der Waals surface area (Å²) in [6.07, 6.45) is 2.44. The standard InChI is InChI=1S/C18H18N4O3S/c1-10(23)16-21-22-17(25-16)12-7-13(8-12)20-15(24)18-19-9-14(26-18)11-5-3-2-4-6-11/h2-6,9-10,12-13,23H,7-8H2,1H3,(H,20,24)/t10?,12-,13-. The molecule has 1 fully saturated rings. The predicted molar refractivity (Wildman–Crippen MR) is 95.7 cm³/mol. The maximum atomic E-state index is 12.4. The molecule has 1 unspecified atom stereocenters. The van der Waals surface area contributed by atoms with Crippen LogP contribution in [0, 0.1) is 0 Å². The molecule has 1 aliphatic rings. The largest absolute Gasteiger partial charge is 0.422 e. The topological polar surface area (TPSA) is 101 Å². The smallest absolute Gasteiger partial charge is 0.280 e. The zero-order valence-corrected chi connectivity index (χ0v) is 14.9. The van der Waals surface area contributed by atoms with Crippen LogP contribution in [0.3, 0.4) is 0 Å². The minimum Gasteiger partial charge on any atom is -0.422 e. The Balaban J connectivity index is 1.33. The number of aromatic nitrogens is 3. The zero-order valence-electron chi connectivity index (χ0n) is 14.1. The predicted octanol–water partition coefficient (Wildman–Crippen LogP) is 2.92. The van der Waals surface area contributed by atoms with Gasteiger partial charge in [0.25, 0.3) is 5.91 Å². The third-order valence-corrected chi connectivity index (χ3v) is 5.44. The van der Waals surface area contributed by atoms with E-state index < -0.39 is 6.10 Å². The number of aliphatic hydroxyl groups excluding tert-OH is 1. The average molecular weight is 370 g/mol. The summed E-state index contributed by atoms with van der Waals surface area (Å²) in [5.74, 6) is 0.711. The van der Waals surface area contributed by atoms with Gasteiger partial charge in [0.1, 0.15) is 6.10 Å². The highest BCUT2D eigenvalue weighted by molar-refractivity contribution is 7.16. The number of carbonyl (C=O) groups excluding carboxylic acids is 1. The first-order valence-electron chi connectivity index (χ1n) is 8.43. The Morgan fingerprint density at radius 1 is 1.31 bits per heavy atom. The monoisotopic (exact) mass is 370 g/mol. The van der Waals surface area contributed by atoms with Gasteiger partial charge in [0.05, 0.1) is 4.88 Å². The van der Waals surface area contributed by atoms with Crippen molar-refractivity contribution < 1.29 is 14.3 Å². The summed E-state index contributed by atoms with van der Waals surface area (Å²) in [6, 6.07) is 9.94. The van der Waals surface area contributed by atoms with Gasteiger partial charge in [-0.1, -0.05) is 30.3 Å². The SMILES string of the molecule is CC(O)c1nnc([C@H]2C[C@H](NC(=O)c3ncc(-c4ccccc4)s3)C2)o1. The lowest BCUT2D eigenvalue weighted by Gasteiger charge is -2.33. The van der Waals surface area contributed by atoms with Crippen molar-refractivity contribution in [2.24, 2.45) is 0 Å². The fraction of sp³-hybridized carbons (Fsp3) is 0.333. The molecule has 8 heteroatoms. The van der Waals surface area contributed by atoms with E-state index in [1.165, 1.54) is 11.3 Å². The van der Waals surface area contributed by atoms with Gasteiger partial charge in [0.2, 0.25) is 11.8 Å². The van der Waals surface area contributed by atoms with Crippen LogP contribution in [0.25, 0.3) is 10.4 Å². The Morgan fingerprint density at radius 2 is 2.08 bits per heavy atom. The number of rotatable bonds is 5. The number of aliphatic hydroxyl groups is 1. The van der Waals surface area contributed by atoms with Crippen LogP contribution in [-0.4, -0.2) is 32.2 Å². The van der Waals surface area contributed by atoms with E-state index in [1.807, 2.05) is 30.3 Å². The summed E-state index contributed by atoms with van der Waals surface area (Å²) < 4.78 is 5.44. The summed E-state index contributed by atoms with van der Waals surface area (Å²) in [5.41, 5.74) is 1.05. The fourth-order valence-electron chi connectivity index (χ4n) is 2.88. The maximum Gasteiger partial charge on any atom is 0.280 e. The summed E-state index contributed by atoms with van der Waals surface area (Å²) in [7, 11) is 0. The molecule has 4 rings (SSSR count). The van der Waals surface area contributed by atoms with Crippen LogP contribution in [0.1, 0.15) is 53.4 Å². The molecule has 1 amide bonds. The van der Waals surface area contributed by atoms with Gasteiger partial charge in [-0.05, 0) is 25.3 Å². The van der Waals surface area contributed by atoms with Crippen molar-refractivity contribution in [3.05, 3.63) is 53.3 Å². The molecule has 0 spiro atoms. The van der Waals surface area contributed by atoms with Crippen molar-refractivity contribution in [3.8, 4) is 10.4 Å². The van der Waals surface area contributed by atoms with Crippen LogP contribution >= 0.6 is 11.3 Å². The molecule has 26 heavy (non-hydrogen) atoms. The number of benzene rings is 1. The normalized spacial score (nSPS) is 20.4. The van der Waals surface area contributed by atoms with Crippen LogP contribution in [0.15, 0.2) is 40.9 Å². The minimum atomic E-state index is -0.768. The molecule has 0 aliphatic heterocycles. The second-order valence-corrected chi connectivity index (χ2v) is 7.42. The third-order valence-electron chi connectivity index (χ3n) is 4.39. The van der Waals surface area contributed by atoms with Crippen molar-refractivity contribution in [1.82, 2.24) is 20.5 Å². The van der Waals surface area contributed by atoms with Gasteiger partial charge in [-0.3, -0.25) is 4.79 Å². The molecule has 2 N–H and O–H groups in total. The number of nitrogens with one attached hydrogen (secondary N) is 1. The van der Waals surface area contributed by atoms with Gasteiger partial charge in [-0.2, -0.15) is 0 Å². The maximum absolute atomic E-state index is 12.4. The zero-order chi connectivity index (χ0) is 18.1. The highest BCUT2D eigenvalue weighted by Gasteiger charge is 2.35. The molecule has 134 valence electrons. The molecule has 0 radical (unpaired) electrons. The van der Waals surface area contributed by atoms with E-state index in [-0.39, 0.29) is 23.8 Å². The van der Waals surface area contributed by atoms with Crippen LogP contribution in [-0.2, 0) is 0 Å². The molecule has 0 bridgehead atoms. The highest BCUT2D eigenvalue weighted by atomic mass is 32.1. The first-order valence-corrected chi connectivity index (χ1v) is 9.25.